The molecule has 2 fully saturated rings. The van der Waals surface area contributed by atoms with Gasteiger partial charge >= 0.3 is 0 Å². The van der Waals surface area contributed by atoms with Crippen molar-refractivity contribution in [3.8, 4) is 0 Å². The Balaban J connectivity index is 1.79. The molecule has 0 N–H and O–H groups in total. The second-order valence-electron chi connectivity index (χ2n) is 3.83. The summed E-state index contributed by atoms with van der Waals surface area (Å²) >= 11 is 3.83. The van der Waals surface area contributed by atoms with Gasteiger partial charge in [-0.1, -0.05) is 28.8 Å². The molecule has 58 valence electrons. The van der Waals surface area contributed by atoms with E-state index < -0.39 is 0 Å². The minimum Gasteiger partial charge on any atom is -0.0885 e. The van der Waals surface area contributed by atoms with Crippen LogP contribution in [0.4, 0.5) is 0 Å². The fourth-order valence-electron chi connectivity index (χ4n) is 1.90. The van der Waals surface area contributed by atoms with E-state index >= 15 is 0 Å². The van der Waals surface area contributed by atoms with Crippen molar-refractivity contribution >= 4 is 15.9 Å². The second-order valence-corrected chi connectivity index (χ2v) is 4.88. The summed E-state index contributed by atoms with van der Waals surface area (Å²) in [5.41, 5.74) is 0. The molecule has 0 bridgehead atoms. The van der Waals surface area contributed by atoms with Gasteiger partial charge in [-0.2, -0.15) is 0 Å². The molecule has 2 aliphatic rings. The van der Waals surface area contributed by atoms with E-state index in [0.717, 1.165) is 16.7 Å². The molecule has 0 atom stereocenters. The Bertz CT molecular complexity index is 99.9. The lowest BCUT2D eigenvalue weighted by molar-refractivity contribution is 0.205. The molecule has 2 aliphatic carbocycles. The van der Waals surface area contributed by atoms with E-state index in [9.17, 15) is 0 Å². The maximum Gasteiger partial charge on any atom is 0.0202 e. The Labute approximate surface area is 71.5 Å². The first kappa shape index (κ1) is 7.15. The van der Waals surface area contributed by atoms with Gasteiger partial charge in [-0.15, -0.1) is 0 Å². The predicted molar refractivity (Wildman–Crippen MR) is 47.4 cm³/mol. The Hall–Kier alpha value is 0.480. The Morgan fingerprint density at radius 1 is 0.900 bits per heavy atom. The molecule has 0 aromatic rings. The molecular formula is C9H15Br. The molecule has 0 nitrogen and oxygen atoms in total. The van der Waals surface area contributed by atoms with Crippen molar-refractivity contribution in [1.82, 2.24) is 0 Å². The van der Waals surface area contributed by atoms with Crippen molar-refractivity contribution < 1.29 is 0 Å². The molecule has 0 aliphatic heterocycles. The molecular weight excluding hydrogens is 188 g/mol. The molecule has 0 amide bonds. The zero-order valence-corrected chi connectivity index (χ0v) is 7.94. The maximum absolute atomic E-state index is 3.83. The first-order valence-corrected chi connectivity index (χ1v) is 5.43. The number of alkyl halides is 1. The summed E-state index contributed by atoms with van der Waals surface area (Å²) < 4.78 is 0. The van der Waals surface area contributed by atoms with Crippen molar-refractivity contribution in [1.29, 1.82) is 0 Å². The van der Waals surface area contributed by atoms with Crippen molar-refractivity contribution in [2.45, 2.75) is 43.4 Å². The van der Waals surface area contributed by atoms with Crippen LogP contribution >= 0.6 is 15.9 Å². The highest BCUT2D eigenvalue weighted by atomic mass is 79.9. The molecule has 0 saturated heterocycles. The third-order valence-electron chi connectivity index (χ3n) is 3.20. The van der Waals surface area contributed by atoms with E-state index in [1.807, 2.05) is 0 Å². The lowest BCUT2D eigenvalue weighted by atomic mass is 9.72. The van der Waals surface area contributed by atoms with Crippen LogP contribution in [0.2, 0.25) is 0 Å². The molecule has 0 radical (unpaired) electrons. The van der Waals surface area contributed by atoms with Crippen LogP contribution in [0, 0.1) is 11.8 Å². The number of hydrogen-bond acceptors (Lipinski definition) is 0. The molecule has 2 rings (SSSR count). The van der Waals surface area contributed by atoms with Gasteiger partial charge in [0.25, 0.3) is 0 Å². The van der Waals surface area contributed by atoms with Gasteiger partial charge in [-0.05, 0) is 37.5 Å². The molecule has 0 unspecified atom stereocenters. The van der Waals surface area contributed by atoms with Crippen LogP contribution in [0.1, 0.15) is 38.5 Å². The normalized spacial score (nSPS) is 28.2. The monoisotopic (exact) mass is 202 g/mol. The van der Waals surface area contributed by atoms with Gasteiger partial charge in [0.2, 0.25) is 0 Å². The van der Waals surface area contributed by atoms with Crippen molar-refractivity contribution in [2.75, 3.05) is 0 Å². The minimum absolute atomic E-state index is 0.884. The number of rotatable bonds is 2. The molecule has 2 saturated carbocycles. The fourth-order valence-corrected chi connectivity index (χ4v) is 2.96. The Kier molecular flexibility index (Phi) is 2.03. The lowest BCUT2D eigenvalue weighted by Gasteiger charge is -2.39. The van der Waals surface area contributed by atoms with Crippen LogP contribution < -0.4 is 0 Å². The topological polar surface area (TPSA) is 0 Å². The summed E-state index contributed by atoms with van der Waals surface area (Å²) in [5, 5.41) is 0. The smallest absolute Gasteiger partial charge is 0.0202 e. The fraction of sp³-hybridized carbons (Fsp3) is 1.00. The predicted octanol–water partition coefficient (Wildman–Crippen LogP) is 3.35. The maximum atomic E-state index is 3.83. The van der Waals surface area contributed by atoms with Crippen molar-refractivity contribution in [3.05, 3.63) is 0 Å². The zero-order chi connectivity index (χ0) is 6.97. The summed E-state index contributed by atoms with van der Waals surface area (Å²) in [6.45, 7) is 0. The first-order chi connectivity index (χ1) is 4.88. The largest absolute Gasteiger partial charge is 0.0885 e. The minimum atomic E-state index is 0.884. The SMILES string of the molecule is BrC(C1CCC1)C1CCC1. The first-order valence-electron chi connectivity index (χ1n) is 4.52. The van der Waals surface area contributed by atoms with Crippen LogP contribution in [-0.2, 0) is 0 Å². The van der Waals surface area contributed by atoms with E-state index in [1.54, 1.807) is 0 Å². The highest BCUT2D eigenvalue weighted by Crippen LogP contribution is 2.43. The van der Waals surface area contributed by atoms with Crippen LogP contribution in [0.3, 0.4) is 0 Å². The molecule has 0 heterocycles. The third kappa shape index (κ3) is 1.13. The lowest BCUT2D eigenvalue weighted by Crippen LogP contribution is -2.32. The summed E-state index contributed by atoms with van der Waals surface area (Å²) in [6, 6.07) is 0. The van der Waals surface area contributed by atoms with Gasteiger partial charge in [-0.3, -0.25) is 0 Å². The summed E-state index contributed by atoms with van der Waals surface area (Å²) in [5.74, 6) is 2.09. The second kappa shape index (κ2) is 2.84. The van der Waals surface area contributed by atoms with Gasteiger partial charge in [0, 0.05) is 4.83 Å². The van der Waals surface area contributed by atoms with E-state index in [4.69, 9.17) is 0 Å². The number of halogens is 1. The average molecular weight is 203 g/mol. The summed E-state index contributed by atoms with van der Waals surface area (Å²) in [6.07, 6.45) is 8.94. The average Bonchev–Trinajstić information content (AvgIpc) is 1.52. The highest BCUT2D eigenvalue weighted by Gasteiger charge is 2.33. The zero-order valence-electron chi connectivity index (χ0n) is 6.35. The van der Waals surface area contributed by atoms with E-state index in [2.05, 4.69) is 15.9 Å². The molecule has 1 heteroatoms. The Morgan fingerprint density at radius 3 is 1.50 bits per heavy atom. The summed E-state index contributed by atoms with van der Waals surface area (Å²) in [4.78, 5) is 0.884. The van der Waals surface area contributed by atoms with E-state index in [1.165, 1.54) is 38.5 Å². The summed E-state index contributed by atoms with van der Waals surface area (Å²) in [7, 11) is 0. The standard InChI is InChI=1S/C9H15Br/c10-9(7-3-1-4-7)8-5-2-6-8/h7-9H,1-6H2. The Morgan fingerprint density at radius 2 is 1.30 bits per heavy atom. The van der Waals surface area contributed by atoms with Crippen LogP contribution in [-0.4, -0.2) is 4.83 Å². The van der Waals surface area contributed by atoms with Crippen molar-refractivity contribution in [2.24, 2.45) is 11.8 Å². The van der Waals surface area contributed by atoms with Gasteiger partial charge in [0.15, 0.2) is 0 Å². The quantitative estimate of drug-likeness (QED) is 0.603. The van der Waals surface area contributed by atoms with Gasteiger partial charge < -0.3 is 0 Å². The van der Waals surface area contributed by atoms with Crippen LogP contribution in [0.25, 0.3) is 0 Å². The van der Waals surface area contributed by atoms with E-state index in [-0.39, 0.29) is 0 Å². The van der Waals surface area contributed by atoms with Crippen LogP contribution in [0.5, 0.6) is 0 Å². The molecule has 0 aromatic carbocycles. The third-order valence-corrected chi connectivity index (χ3v) is 4.70. The highest BCUT2D eigenvalue weighted by molar-refractivity contribution is 9.09. The van der Waals surface area contributed by atoms with Gasteiger partial charge in [-0.25, -0.2) is 0 Å². The van der Waals surface area contributed by atoms with E-state index in [0.29, 0.717) is 0 Å². The van der Waals surface area contributed by atoms with Crippen molar-refractivity contribution in [3.63, 3.8) is 0 Å². The van der Waals surface area contributed by atoms with Gasteiger partial charge in [0.1, 0.15) is 0 Å². The van der Waals surface area contributed by atoms with Crippen LogP contribution in [0.15, 0.2) is 0 Å². The molecule has 0 spiro atoms. The number of hydrogen-bond donors (Lipinski definition) is 0. The molecule has 10 heavy (non-hydrogen) atoms. The molecule has 0 aromatic heterocycles. The van der Waals surface area contributed by atoms with Gasteiger partial charge in [0.05, 0.1) is 0 Å².